The van der Waals surface area contributed by atoms with Crippen molar-refractivity contribution in [3.63, 3.8) is 0 Å². The van der Waals surface area contributed by atoms with Crippen molar-refractivity contribution in [1.82, 2.24) is 0 Å². The fourth-order valence-corrected chi connectivity index (χ4v) is 5.63. The summed E-state index contributed by atoms with van der Waals surface area (Å²) in [6.07, 6.45) is 0. The van der Waals surface area contributed by atoms with E-state index in [2.05, 4.69) is 60.7 Å². The second-order valence-corrected chi connectivity index (χ2v) is 8.43. The molecule has 0 aliphatic heterocycles. The van der Waals surface area contributed by atoms with Gasteiger partial charge in [-0.3, -0.25) is 4.79 Å². The summed E-state index contributed by atoms with van der Waals surface area (Å²) in [6, 6.07) is 25.7. The third-order valence-corrected chi connectivity index (χ3v) is 6.94. The molecule has 31 heavy (non-hydrogen) atoms. The highest BCUT2D eigenvalue weighted by Gasteiger charge is 2.21. The van der Waals surface area contributed by atoms with E-state index in [9.17, 15) is 4.79 Å². The van der Waals surface area contributed by atoms with Gasteiger partial charge in [0.25, 0.3) is 0 Å². The summed E-state index contributed by atoms with van der Waals surface area (Å²) >= 11 is 0. The second-order valence-electron chi connectivity index (χ2n) is 8.43. The van der Waals surface area contributed by atoms with Gasteiger partial charge in [-0.05, 0) is 89.8 Å². The maximum atomic E-state index is 12.1. The molecular formula is C29H18O2. The smallest absolute Gasteiger partial charge is 0.159 e. The van der Waals surface area contributed by atoms with Crippen molar-refractivity contribution in [2.75, 3.05) is 7.11 Å². The lowest BCUT2D eigenvalue weighted by Crippen LogP contribution is -1.89. The normalized spacial score (nSPS) is 12.3. The van der Waals surface area contributed by atoms with Crippen LogP contribution in [0.3, 0.4) is 0 Å². The van der Waals surface area contributed by atoms with Crippen molar-refractivity contribution in [2.24, 2.45) is 0 Å². The van der Waals surface area contributed by atoms with Gasteiger partial charge in [0.15, 0.2) is 5.78 Å². The Hall–Kier alpha value is -3.91. The molecule has 0 heterocycles. The maximum Gasteiger partial charge on any atom is 0.159 e. The zero-order chi connectivity index (χ0) is 20.9. The van der Waals surface area contributed by atoms with E-state index < -0.39 is 0 Å². The summed E-state index contributed by atoms with van der Waals surface area (Å²) in [6.45, 7) is 1.63. The molecule has 2 heteroatoms. The van der Waals surface area contributed by atoms with Crippen LogP contribution in [-0.2, 0) is 0 Å². The molecule has 7 rings (SSSR count). The summed E-state index contributed by atoms with van der Waals surface area (Å²) in [7, 11) is 1.72. The van der Waals surface area contributed by atoms with Crippen LogP contribution >= 0.6 is 0 Å². The summed E-state index contributed by atoms with van der Waals surface area (Å²) in [5.41, 5.74) is 0.762. The summed E-state index contributed by atoms with van der Waals surface area (Å²) in [4.78, 5) is 12.1. The van der Waals surface area contributed by atoms with Crippen LogP contribution in [0.15, 0.2) is 72.8 Å². The molecule has 0 spiro atoms. The number of fused-ring (bicyclic) bond motifs is 8. The molecule has 146 valence electrons. The molecule has 0 fully saturated rings. The summed E-state index contributed by atoms with van der Waals surface area (Å²) < 4.78 is 5.53. The first-order valence-corrected chi connectivity index (χ1v) is 10.5. The molecule has 2 nitrogen and oxygen atoms in total. The predicted molar refractivity (Wildman–Crippen MR) is 130 cm³/mol. The van der Waals surface area contributed by atoms with Crippen LogP contribution in [0.4, 0.5) is 0 Å². The topological polar surface area (TPSA) is 26.3 Å². The van der Waals surface area contributed by atoms with E-state index in [1.54, 1.807) is 14.0 Å². The van der Waals surface area contributed by atoms with E-state index >= 15 is 0 Å². The third kappa shape index (κ3) is 1.95. The van der Waals surface area contributed by atoms with E-state index in [1.165, 1.54) is 59.2 Å². The van der Waals surface area contributed by atoms with Gasteiger partial charge in [0.2, 0.25) is 0 Å². The Morgan fingerprint density at radius 3 is 1.61 bits per heavy atom. The Morgan fingerprint density at radius 2 is 1.06 bits per heavy atom. The van der Waals surface area contributed by atoms with Crippen LogP contribution in [0.2, 0.25) is 0 Å². The molecule has 0 saturated carbocycles. The number of ether oxygens (including phenoxy) is 1. The minimum atomic E-state index is 0.0998. The van der Waals surface area contributed by atoms with E-state index in [1.807, 2.05) is 12.1 Å². The second kappa shape index (κ2) is 5.61. The molecule has 0 amide bonds. The van der Waals surface area contributed by atoms with Gasteiger partial charge in [-0.2, -0.15) is 0 Å². The van der Waals surface area contributed by atoms with Crippen molar-refractivity contribution in [3.8, 4) is 5.75 Å². The SMILES string of the molecule is COc1ccc2c(c1)c1cccc3c1c2c1cccc2c4cc(C(C)=O)ccc4c3c21. The molecule has 0 unspecified atom stereocenters. The van der Waals surface area contributed by atoms with Gasteiger partial charge in [0, 0.05) is 5.56 Å². The molecule has 0 radical (unpaired) electrons. The maximum absolute atomic E-state index is 12.1. The first-order chi connectivity index (χ1) is 15.2. The lowest BCUT2D eigenvalue weighted by atomic mass is 9.95. The Kier molecular flexibility index (Phi) is 3.05. The van der Waals surface area contributed by atoms with Gasteiger partial charge < -0.3 is 4.74 Å². The van der Waals surface area contributed by atoms with Gasteiger partial charge in [0.05, 0.1) is 7.11 Å². The molecule has 0 saturated heterocycles. The number of benzene rings is 5. The number of rotatable bonds is 2. The minimum absolute atomic E-state index is 0.0998. The number of hydrogen-bond donors (Lipinski definition) is 0. The molecule has 7 aromatic rings. The zero-order valence-corrected chi connectivity index (χ0v) is 17.2. The van der Waals surface area contributed by atoms with Gasteiger partial charge in [-0.1, -0.05) is 54.6 Å². The largest absolute Gasteiger partial charge is 0.497 e. The van der Waals surface area contributed by atoms with Crippen LogP contribution in [0, 0.1) is 0 Å². The van der Waals surface area contributed by atoms with Crippen molar-refractivity contribution in [3.05, 3.63) is 78.4 Å². The van der Waals surface area contributed by atoms with Crippen LogP contribution < -0.4 is 4.74 Å². The number of methoxy groups -OCH3 is 1. The van der Waals surface area contributed by atoms with Gasteiger partial charge in [-0.15, -0.1) is 0 Å². The molecule has 0 aliphatic carbocycles. The zero-order valence-electron chi connectivity index (χ0n) is 17.2. The number of Topliss-reactive ketones (excluding diaryl/α,β-unsaturated/α-hetero) is 1. The Labute approximate surface area is 178 Å². The quantitative estimate of drug-likeness (QED) is 0.220. The van der Waals surface area contributed by atoms with Gasteiger partial charge in [-0.25, -0.2) is 0 Å². The highest BCUT2D eigenvalue weighted by atomic mass is 16.5. The Bertz CT molecular complexity index is 1840. The fraction of sp³-hybridized carbons (Fsp3) is 0.0690. The van der Waals surface area contributed by atoms with E-state index in [-0.39, 0.29) is 5.78 Å². The van der Waals surface area contributed by atoms with E-state index in [4.69, 9.17) is 4.74 Å². The van der Waals surface area contributed by atoms with Crippen molar-refractivity contribution in [2.45, 2.75) is 6.92 Å². The monoisotopic (exact) mass is 398 g/mol. The summed E-state index contributed by atoms with van der Waals surface area (Å²) in [5.74, 6) is 0.978. The minimum Gasteiger partial charge on any atom is -0.497 e. The van der Waals surface area contributed by atoms with Gasteiger partial charge >= 0.3 is 0 Å². The first kappa shape index (κ1) is 16.8. The highest BCUT2D eigenvalue weighted by Crippen LogP contribution is 2.50. The molecule has 0 bridgehead atoms. The molecular weight excluding hydrogens is 380 g/mol. The van der Waals surface area contributed by atoms with Gasteiger partial charge in [0.1, 0.15) is 5.75 Å². The number of carbonyl (C=O) groups is 1. The molecule has 7 aromatic carbocycles. The summed E-state index contributed by atoms with van der Waals surface area (Å²) in [5, 5.41) is 15.1. The average molecular weight is 398 g/mol. The van der Waals surface area contributed by atoms with Crippen molar-refractivity contribution < 1.29 is 9.53 Å². The van der Waals surface area contributed by atoms with Crippen molar-refractivity contribution in [1.29, 1.82) is 0 Å². The first-order valence-electron chi connectivity index (χ1n) is 10.5. The van der Waals surface area contributed by atoms with E-state index in [0.29, 0.717) is 0 Å². The molecule has 0 aromatic heterocycles. The van der Waals surface area contributed by atoms with Crippen LogP contribution in [0.5, 0.6) is 5.75 Å². The van der Waals surface area contributed by atoms with Crippen molar-refractivity contribution >= 4 is 70.4 Å². The predicted octanol–water partition coefficient (Wildman–Crippen LogP) is 7.69. The van der Waals surface area contributed by atoms with Crippen LogP contribution in [0.25, 0.3) is 64.6 Å². The lowest BCUT2D eigenvalue weighted by molar-refractivity contribution is 0.101. The Morgan fingerprint density at radius 1 is 0.581 bits per heavy atom. The molecule has 0 aliphatic rings. The number of hydrogen-bond acceptors (Lipinski definition) is 2. The standard InChI is InChI=1S/C29H18O2/c1-15(30)16-9-11-20-24(13-16)18-5-3-7-22-26(18)28(20)23-8-4-6-19-25-14-17(31-2)10-12-21(25)29(22)27(19)23/h3-14H,1-2H3. The molecule has 0 atom stereocenters. The van der Waals surface area contributed by atoms with Crippen LogP contribution in [0.1, 0.15) is 17.3 Å². The highest BCUT2D eigenvalue weighted by molar-refractivity contribution is 6.47. The number of carbonyl (C=O) groups excluding carboxylic acids is 1. The van der Waals surface area contributed by atoms with E-state index in [0.717, 1.165) is 16.7 Å². The number of ketones is 1. The lowest BCUT2D eigenvalue weighted by Gasteiger charge is -2.07. The fourth-order valence-electron chi connectivity index (χ4n) is 5.63. The third-order valence-electron chi connectivity index (χ3n) is 6.94. The molecule has 0 N–H and O–H groups in total. The van der Waals surface area contributed by atoms with Crippen LogP contribution in [-0.4, -0.2) is 12.9 Å². The average Bonchev–Trinajstić information content (AvgIpc) is 3.31. The Balaban J connectivity index is 1.83.